The summed E-state index contributed by atoms with van der Waals surface area (Å²) in [6.45, 7) is 0.281. The van der Waals surface area contributed by atoms with Crippen LogP contribution >= 0.6 is 0 Å². The SMILES string of the molecule is COc1ccc(-c2ccc3nnc(CN)n3n2)cc1OC. The fourth-order valence-electron chi connectivity index (χ4n) is 2.11. The molecule has 0 fully saturated rings. The number of hydrogen-bond donors (Lipinski definition) is 1. The average Bonchev–Trinajstić information content (AvgIpc) is 2.96. The van der Waals surface area contributed by atoms with E-state index in [-0.39, 0.29) is 6.54 Å². The number of ether oxygens (including phenoxy) is 2. The molecule has 3 rings (SSSR count). The zero-order chi connectivity index (χ0) is 14.8. The third-order valence-electron chi connectivity index (χ3n) is 3.19. The second-order valence-electron chi connectivity index (χ2n) is 4.38. The van der Waals surface area contributed by atoms with E-state index in [1.165, 1.54) is 0 Å². The summed E-state index contributed by atoms with van der Waals surface area (Å²) in [5.41, 5.74) is 7.98. The van der Waals surface area contributed by atoms with Gasteiger partial charge in [-0.05, 0) is 30.3 Å². The number of aromatic nitrogens is 4. The molecule has 0 bridgehead atoms. The smallest absolute Gasteiger partial charge is 0.177 e. The lowest BCUT2D eigenvalue weighted by Gasteiger charge is -2.09. The minimum absolute atomic E-state index is 0.281. The largest absolute Gasteiger partial charge is 0.493 e. The number of hydrogen-bond acceptors (Lipinski definition) is 6. The van der Waals surface area contributed by atoms with Crippen LogP contribution in [0.3, 0.4) is 0 Å². The molecule has 1 aromatic carbocycles. The Balaban J connectivity index is 2.11. The molecule has 0 amide bonds. The predicted molar refractivity (Wildman–Crippen MR) is 77.2 cm³/mol. The second-order valence-corrected chi connectivity index (χ2v) is 4.38. The van der Waals surface area contributed by atoms with Gasteiger partial charge in [-0.1, -0.05) is 0 Å². The number of nitrogens with two attached hydrogens (primary N) is 1. The summed E-state index contributed by atoms with van der Waals surface area (Å²) in [5.74, 6) is 1.95. The zero-order valence-electron chi connectivity index (χ0n) is 11.8. The van der Waals surface area contributed by atoms with Crippen molar-refractivity contribution in [3.05, 3.63) is 36.2 Å². The predicted octanol–water partition coefficient (Wildman–Crippen LogP) is 1.27. The highest BCUT2D eigenvalue weighted by Crippen LogP contribution is 2.31. The van der Waals surface area contributed by atoms with Crippen molar-refractivity contribution in [2.24, 2.45) is 5.73 Å². The monoisotopic (exact) mass is 285 g/mol. The van der Waals surface area contributed by atoms with Crippen molar-refractivity contribution < 1.29 is 9.47 Å². The molecule has 0 aliphatic carbocycles. The summed E-state index contributed by atoms with van der Waals surface area (Å²) in [7, 11) is 3.21. The second kappa shape index (κ2) is 5.37. The molecule has 21 heavy (non-hydrogen) atoms. The Hall–Kier alpha value is -2.67. The maximum Gasteiger partial charge on any atom is 0.177 e. The van der Waals surface area contributed by atoms with Crippen LogP contribution in [0.15, 0.2) is 30.3 Å². The van der Waals surface area contributed by atoms with E-state index in [4.69, 9.17) is 15.2 Å². The van der Waals surface area contributed by atoms with Gasteiger partial charge in [0.15, 0.2) is 23.0 Å². The molecule has 0 aliphatic rings. The van der Waals surface area contributed by atoms with Gasteiger partial charge in [0, 0.05) is 5.56 Å². The lowest BCUT2D eigenvalue weighted by molar-refractivity contribution is 0.355. The van der Waals surface area contributed by atoms with Crippen LogP contribution in [-0.2, 0) is 6.54 Å². The van der Waals surface area contributed by atoms with E-state index in [1.54, 1.807) is 18.7 Å². The molecule has 2 N–H and O–H groups in total. The fraction of sp³-hybridized carbons (Fsp3) is 0.214. The zero-order valence-corrected chi connectivity index (χ0v) is 11.8. The highest BCUT2D eigenvalue weighted by atomic mass is 16.5. The fourth-order valence-corrected chi connectivity index (χ4v) is 2.11. The molecule has 0 atom stereocenters. The third-order valence-corrected chi connectivity index (χ3v) is 3.19. The van der Waals surface area contributed by atoms with Crippen molar-refractivity contribution in [3.8, 4) is 22.8 Å². The number of methoxy groups -OCH3 is 2. The van der Waals surface area contributed by atoms with Gasteiger partial charge < -0.3 is 15.2 Å². The quantitative estimate of drug-likeness (QED) is 0.776. The summed E-state index contributed by atoms with van der Waals surface area (Å²) >= 11 is 0. The van der Waals surface area contributed by atoms with E-state index in [1.807, 2.05) is 30.3 Å². The summed E-state index contributed by atoms with van der Waals surface area (Å²) < 4.78 is 12.2. The third kappa shape index (κ3) is 2.27. The first-order valence-electron chi connectivity index (χ1n) is 6.40. The van der Waals surface area contributed by atoms with E-state index >= 15 is 0 Å². The van der Waals surface area contributed by atoms with Crippen LogP contribution in [-0.4, -0.2) is 34.0 Å². The van der Waals surface area contributed by atoms with Crippen molar-refractivity contribution >= 4 is 5.65 Å². The van der Waals surface area contributed by atoms with Crippen molar-refractivity contribution in [1.29, 1.82) is 0 Å². The summed E-state index contributed by atoms with van der Waals surface area (Å²) in [5, 5.41) is 12.5. The molecule has 0 saturated heterocycles. The van der Waals surface area contributed by atoms with Gasteiger partial charge in [-0.3, -0.25) is 0 Å². The normalized spacial score (nSPS) is 10.8. The van der Waals surface area contributed by atoms with Gasteiger partial charge in [-0.25, -0.2) is 0 Å². The number of nitrogens with zero attached hydrogens (tertiary/aromatic N) is 4. The maximum atomic E-state index is 5.63. The molecule has 108 valence electrons. The van der Waals surface area contributed by atoms with Gasteiger partial charge in [-0.15, -0.1) is 10.2 Å². The minimum atomic E-state index is 0.281. The Morgan fingerprint density at radius 1 is 1.05 bits per heavy atom. The van der Waals surface area contributed by atoms with Gasteiger partial charge in [0.2, 0.25) is 0 Å². The molecule has 0 spiro atoms. The molecule has 7 heteroatoms. The molecule has 2 heterocycles. The molecule has 2 aromatic heterocycles. The van der Waals surface area contributed by atoms with Crippen LogP contribution in [0.1, 0.15) is 5.82 Å². The Morgan fingerprint density at radius 3 is 2.57 bits per heavy atom. The number of benzene rings is 1. The highest BCUT2D eigenvalue weighted by molar-refractivity contribution is 5.64. The minimum Gasteiger partial charge on any atom is -0.493 e. The Morgan fingerprint density at radius 2 is 1.86 bits per heavy atom. The standard InChI is InChI=1S/C14H15N5O2/c1-20-11-5-3-9(7-12(11)21-2)10-4-6-13-16-17-14(8-15)19(13)18-10/h3-7H,8,15H2,1-2H3. The summed E-state index contributed by atoms with van der Waals surface area (Å²) in [4.78, 5) is 0. The van der Waals surface area contributed by atoms with E-state index in [0.717, 1.165) is 11.3 Å². The summed E-state index contributed by atoms with van der Waals surface area (Å²) in [6.07, 6.45) is 0. The lowest BCUT2D eigenvalue weighted by atomic mass is 10.1. The molecule has 7 nitrogen and oxygen atoms in total. The van der Waals surface area contributed by atoms with Gasteiger partial charge in [0.05, 0.1) is 26.5 Å². The first-order valence-corrected chi connectivity index (χ1v) is 6.40. The van der Waals surface area contributed by atoms with Crippen LogP contribution in [0.2, 0.25) is 0 Å². The molecule has 0 saturated carbocycles. The summed E-state index contributed by atoms with van der Waals surface area (Å²) in [6, 6.07) is 9.37. The van der Waals surface area contributed by atoms with Crippen LogP contribution in [0.5, 0.6) is 11.5 Å². The molecule has 3 aromatic rings. The molecule has 0 radical (unpaired) electrons. The number of fused-ring (bicyclic) bond motifs is 1. The van der Waals surface area contributed by atoms with Crippen LogP contribution < -0.4 is 15.2 Å². The van der Waals surface area contributed by atoms with Crippen LogP contribution in [0, 0.1) is 0 Å². The Kier molecular flexibility index (Phi) is 3.41. The average molecular weight is 285 g/mol. The van der Waals surface area contributed by atoms with E-state index in [9.17, 15) is 0 Å². The number of rotatable bonds is 4. The molecule has 0 unspecified atom stereocenters. The lowest BCUT2D eigenvalue weighted by Crippen LogP contribution is -2.05. The first kappa shape index (κ1) is 13.3. The van der Waals surface area contributed by atoms with Gasteiger partial charge in [-0.2, -0.15) is 9.61 Å². The van der Waals surface area contributed by atoms with Crippen LogP contribution in [0.25, 0.3) is 16.9 Å². The molecular formula is C14H15N5O2. The van der Waals surface area contributed by atoms with Crippen molar-refractivity contribution in [3.63, 3.8) is 0 Å². The van der Waals surface area contributed by atoms with Crippen LogP contribution in [0.4, 0.5) is 0 Å². The molecular weight excluding hydrogens is 270 g/mol. The first-order chi connectivity index (χ1) is 10.3. The van der Waals surface area contributed by atoms with Gasteiger partial charge in [0.1, 0.15) is 0 Å². The highest BCUT2D eigenvalue weighted by Gasteiger charge is 2.10. The van der Waals surface area contributed by atoms with Crippen molar-refractivity contribution in [2.45, 2.75) is 6.54 Å². The van der Waals surface area contributed by atoms with Crippen molar-refractivity contribution in [1.82, 2.24) is 19.8 Å². The Bertz CT molecular complexity index is 784. The van der Waals surface area contributed by atoms with Gasteiger partial charge in [0.25, 0.3) is 0 Å². The topological polar surface area (TPSA) is 87.6 Å². The van der Waals surface area contributed by atoms with E-state index in [0.29, 0.717) is 23.0 Å². The van der Waals surface area contributed by atoms with Crippen molar-refractivity contribution in [2.75, 3.05) is 14.2 Å². The maximum absolute atomic E-state index is 5.63. The van der Waals surface area contributed by atoms with Gasteiger partial charge >= 0.3 is 0 Å². The molecule has 0 aliphatic heterocycles. The van der Waals surface area contributed by atoms with E-state index in [2.05, 4.69) is 15.3 Å². The Labute approximate surface area is 121 Å². The van der Waals surface area contributed by atoms with E-state index < -0.39 is 0 Å².